The molecule has 0 aliphatic carbocycles. The first-order chi connectivity index (χ1) is 8.32. The van der Waals surface area contributed by atoms with E-state index in [1.54, 1.807) is 4.90 Å². The van der Waals surface area contributed by atoms with Gasteiger partial charge in [0.1, 0.15) is 0 Å². The van der Waals surface area contributed by atoms with E-state index in [0.29, 0.717) is 25.9 Å². The van der Waals surface area contributed by atoms with Gasteiger partial charge >= 0.3 is 0 Å². The largest absolute Gasteiger partial charge is 0.368 e. The van der Waals surface area contributed by atoms with Crippen molar-refractivity contribution in [1.29, 1.82) is 0 Å². The van der Waals surface area contributed by atoms with E-state index < -0.39 is 11.3 Å². The monoisotopic (exact) mass is 257 g/mol. The van der Waals surface area contributed by atoms with E-state index in [1.807, 2.05) is 27.7 Å². The highest BCUT2D eigenvalue weighted by Gasteiger charge is 2.37. The minimum Gasteiger partial charge on any atom is -0.368 e. The molecule has 0 aromatic heterocycles. The zero-order valence-electron chi connectivity index (χ0n) is 12.0. The minimum atomic E-state index is -0.565. The summed E-state index contributed by atoms with van der Waals surface area (Å²) in [6.07, 6.45) is 1.35. The maximum absolute atomic E-state index is 12.6. The van der Waals surface area contributed by atoms with Crippen molar-refractivity contribution in [3.63, 3.8) is 0 Å². The smallest absolute Gasteiger partial charge is 0.237 e. The van der Waals surface area contributed by atoms with Crippen LogP contribution in [0.4, 0.5) is 0 Å². The number of nitrogens with two attached hydrogens (primary N) is 2. The number of primary amides is 1. The summed E-state index contributed by atoms with van der Waals surface area (Å²) >= 11 is 0. The Kier molecular flexibility index (Phi) is 6.91. The molecule has 0 spiro atoms. The zero-order chi connectivity index (χ0) is 14.3. The predicted octanol–water partition coefficient (Wildman–Crippen LogP) is 0.721. The van der Waals surface area contributed by atoms with E-state index in [0.717, 1.165) is 0 Å². The molecule has 0 aromatic rings. The standard InChI is InChI=1S/C13H27N3O2/c1-5-13(6-2,9-14)12(18)16(7-10(3)4)8-11(15)17/h10H,5-9,14H2,1-4H3,(H2,15,17). The molecule has 2 amide bonds. The van der Waals surface area contributed by atoms with Gasteiger partial charge in [-0.2, -0.15) is 0 Å². The van der Waals surface area contributed by atoms with E-state index in [4.69, 9.17) is 11.5 Å². The fourth-order valence-electron chi connectivity index (χ4n) is 2.11. The Hall–Kier alpha value is -1.10. The van der Waals surface area contributed by atoms with Gasteiger partial charge in [0.2, 0.25) is 11.8 Å². The lowest BCUT2D eigenvalue weighted by molar-refractivity contribution is -0.145. The number of amides is 2. The summed E-state index contributed by atoms with van der Waals surface area (Å²) in [5.41, 5.74) is 10.4. The molecule has 0 unspecified atom stereocenters. The highest BCUT2D eigenvalue weighted by Crippen LogP contribution is 2.28. The maximum Gasteiger partial charge on any atom is 0.237 e. The molecule has 5 heteroatoms. The van der Waals surface area contributed by atoms with Crippen LogP contribution in [0.15, 0.2) is 0 Å². The molecular formula is C13H27N3O2. The van der Waals surface area contributed by atoms with E-state index in [1.165, 1.54) is 0 Å². The van der Waals surface area contributed by atoms with Crippen LogP contribution in [-0.2, 0) is 9.59 Å². The molecule has 0 aliphatic heterocycles. The van der Waals surface area contributed by atoms with Crippen LogP contribution < -0.4 is 11.5 Å². The van der Waals surface area contributed by atoms with Crippen molar-refractivity contribution in [3.8, 4) is 0 Å². The fraction of sp³-hybridized carbons (Fsp3) is 0.846. The normalized spacial score (nSPS) is 11.7. The molecule has 106 valence electrons. The van der Waals surface area contributed by atoms with Crippen LogP contribution in [0.1, 0.15) is 40.5 Å². The first kappa shape index (κ1) is 16.9. The second-order valence-corrected chi connectivity index (χ2v) is 5.24. The molecule has 0 rings (SSSR count). The predicted molar refractivity (Wildman–Crippen MR) is 72.7 cm³/mol. The fourth-order valence-corrected chi connectivity index (χ4v) is 2.11. The number of nitrogens with zero attached hydrogens (tertiary/aromatic N) is 1. The quantitative estimate of drug-likeness (QED) is 0.671. The van der Waals surface area contributed by atoms with E-state index >= 15 is 0 Å². The Morgan fingerprint density at radius 1 is 1.22 bits per heavy atom. The Morgan fingerprint density at radius 3 is 2.00 bits per heavy atom. The van der Waals surface area contributed by atoms with Gasteiger partial charge in [-0.25, -0.2) is 0 Å². The van der Waals surface area contributed by atoms with Crippen LogP contribution in [0.25, 0.3) is 0 Å². The molecule has 5 nitrogen and oxygen atoms in total. The van der Waals surface area contributed by atoms with Gasteiger partial charge in [0.05, 0.1) is 12.0 Å². The topological polar surface area (TPSA) is 89.4 Å². The molecule has 0 aliphatic rings. The van der Waals surface area contributed by atoms with Gasteiger partial charge in [0.15, 0.2) is 0 Å². The lowest BCUT2D eigenvalue weighted by Gasteiger charge is -2.35. The second kappa shape index (κ2) is 7.36. The third-order valence-electron chi connectivity index (χ3n) is 3.42. The molecule has 18 heavy (non-hydrogen) atoms. The van der Waals surface area contributed by atoms with Gasteiger partial charge in [-0.15, -0.1) is 0 Å². The van der Waals surface area contributed by atoms with Crippen molar-refractivity contribution in [3.05, 3.63) is 0 Å². The Bertz CT molecular complexity index is 278. The average molecular weight is 257 g/mol. The Morgan fingerprint density at radius 2 is 1.72 bits per heavy atom. The van der Waals surface area contributed by atoms with Crippen molar-refractivity contribution in [2.24, 2.45) is 22.8 Å². The van der Waals surface area contributed by atoms with Crippen molar-refractivity contribution in [2.45, 2.75) is 40.5 Å². The molecule has 0 bridgehead atoms. The molecule has 0 atom stereocenters. The zero-order valence-corrected chi connectivity index (χ0v) is 12.0. The van der Waals surface area contributed by atoms with Gasteiger partial charge < -0.3 is 16.4 Å². The Labute approximate surface area is 110 Å². The lowest BCUT2D eigenvalue weighted by Crippen LogP contribution is -2.51. The van der Waals surface area contributed by atoms with Crippen LogP contribution in [0, 0.1) is 11.3 Å². The third kappa shape index (κ3) is 4.29. The number of carbonyl (C=O) groups is 2. The van der Waals surface area contributed by atoms with Crippen LogP contribution in [-0.4, -0.2) is 36.3 Å². The molecule has 0 saturated carbocycles. The summed E-state index contributed by atoms with van der Waals surface area (Å²) in [5.74, 6) is -0.248. The van der Waals surface area contributed by atoms with Crippen molar-refractivity contribution >= 4 is 11.8 Å². The highest BCUT2D eigenvalue weighted by atomic mass is 16.2. The number of rotatable bonds is 8. The van der Waals surface area contributed by atoms with Crippen molar-refractivity contribution in [2.75, 3.05) is 19.6 Å². The summed E-state index contributed by atoms with van der Waals surface area (Å²) in [6, 6.07) is 0. The maximum atomic E-state index is 12.6. The van der Waals surface area contributed by atoms with Crippen molar-refractivity contribution < 1.29 is 9.59 Å². The number of carbonyl (C=O) groups excluding carboxylic acids is 2. The average Bonchev–Trinajstić information content (AvgIpc) is 2.29. The molecule has 0 radical (unpaired) electrons. The van der Waals surface area contributed by atoms with Crippen LogP contribution >= 0.6 is 0 Å². The van der Waals surface area contributed by atoms with E-state index in [9.17, 15) is 9.59 Å². The van der Waals surface area contributed by atoms with Crippen LogP contribution in [0.2, 0.25) is 0 Å². The summed E-state index contributed by atoms with van der Waals surface area (Å²) in [6.45, 7) is 8.71. The SMILES string of the molecule is CCC(CC)(CN)C(=O)N(CC(N)=O)CC(C)C. The van der Waals surface area contributed by atoms with Crippen molar-refractivity contribution in [1.82, 2.24) is 4.90 Å². The molecule has 0 saturated heterocycles. The second-order valence-electron chi connectivity index (χ2n) is 5.24. The van der Waals surface area contributed by atoms with Crippen LogP contribution in [0.3, 0.4) is 0 Å². The molecule has 0 aromatic carbocycles. The van der Waals surface area contributed by atoms with Gasteiger partial charge in [-0.3, -0.25) is 9.59 Å². The van der Waals surface area contributed by atoms with Gasteiger partial charge in [-0.1, -0.05) is 27.7 Å². The molecule has 0 heterocycles. The van der Waals surface area contributed by atoms with Gasteiger partial charge in [-0.05, 0) is 18.8 Å². The Balaban J connectivity index is 5.07. The first-order valence-corrected chi connectivity index (χ1v) is 6.60. The van der Waals surface area contributed by atoms with E-state index in [-0.39, 0.29) is 18.4 Å². The highest BCUT2D eigenvalue weighted by molar-refractivity contribution is 5.87. The summed E-state index contributed by atoms with van der Waals surface area (Å²) in [5, 5.41) is 0. The number of hydrogen-bond donors (Lipinski definition) is 2. The molecular weight excluding hydrogens is 230 g/mol. The van der Waals surface area contributed by atoms with E-state index in [2.05, 4.69) is 0 Å². The molecule has 4 N–H and O–H groups in total. The summed E-state index contributed by atoms with van der Waals surface area (Å²) in [4.78, 5) is 25.2. The third-order valence-corrected chi connectivity index (χ3v) is 3.42. The minimum absolute atomic E-state index is 0.0290. The summed E-state index contributed by atoms with van der Waals surface area (Å²) in [7, 11) is 0. The molecule has 0 fully saturated rings. The van der Waals surface area contributed by atoms with Crippen LogP contribution in [0.5, 0.6) is 0 Å². The van der Waals surface area contributed by atoms with Gasteiger partial charge in [0, 0.05) is 13.1 Å². The summed E-state index contributed by atoms with van der Waals surface area (Å²) < 4.78 is 0. The van der Waals surface area contributed by atoms with Gasteiger partial charge in [0.25, 0.3) is 0 Å². The lowest BCUT2D eigenvalue weighted by atomic mass is 9.80. The first-order valence-electron chi connectivity index (χ1n) is 6.60. The number of hydrogen-bond acceptors (Lipinski definition) is 3.